The average molecular weight is 500 g/mol. The number of phosphoric acid groups is 3. The number of aromatic amines is 1. The van der Waals surface area contributed by atoms with Crippen LogP contribution in [0.3, 0.4) is 0 Å². The van der Waals surface area contributed by atoms with Gasteiger partial charge in [0.2, 0.25) is 0 Å². The fourth-order valence-corrected chi connectivity index (χ4v) is 5.37. The molecule has 2 heterocycles. The van der Waals surface area contributed by atoms with Crippen molar-refractivity contribution in [1.82, 2.24) is 9.55 Å². The molecule has 1 aliphatic rings. The van der Waals surface area contributed by atoms with E-state index in [4.69, 9.17) is 31.6 Å². The van der Waals surface area contributed by atoms with E-state index in [0.717, 1.165) is 10.8 Å². The number of nitrogens with zero attached hydrogens (tertiary/aromatic N) is 1. The Bertz CT molecular complexity index is 1000. The number of ether oxygens (including phenoxy) is 1. The van der Waals surface area contributed by atoms with Crippen LogP contribution in [0.2, 0.25) is 0 Å². The zero-order chi connectivity index (χ0) is 22.2. The molecule has 16 nitrogen and oxygen atoms in total. The first-order chi connectivity index (χ1) is 13.1. The first-order valence-corrected chi connectivity index (χ1v) is 12.1. The number of aromatic nitrogens is 2. The van der Waals surface area contributed by atoms with Crippen molar-refractivity contribution in [3.63, 3.8) is 0 Å². The summed E-state index contributed by atoms with van der Waals surface area (Å²) in [5.41, 5.74) is -0.790. The summed E-state index contributed by atoms with van der Waals surface area (Å²) in [5, 5.41) is 20.0. The molecule has 2 rings (SSSR count). The Hall–Kier alpha value is -0.610. The van der Waals surface area contributed by atoms with Gasteiger partial charge in [0.15, 0.2) is 6.23 Å². The van der Waals surface area contributed by atoms with Gasteiger partial charge in [-0.1, -0.05) is 12.2 Å². The van der Waals surface area contributed by atoms with E-state index in [1.165, 1.54) is 6.07 Å². The summed E-state index contributed by atoms with van der Waals surface area (Å²) < 4.78 is 51.0. The smallest absolute Gasteiger partial charge is 0.387 e. The van der Waals surface area contributed by atoms with Crippen molar-refractivity contribution >= 4 is 35.7 Å². The van der Waals surface area contributed by atoms with Gasteiger partial charge in [-0.25, -0.2) is 18.5 Å². The first-order valence-electron chi connectivity index (χ1n) is 7.22. The largest absolute Gasteiger partial charge is 0.490 e. The van der Waals surface area contributed by atoms with Crippen LogP contribution in [-0.2, 0) is 31.6 Å². The number of aliphatic hydroxyl groups is 2. The maximum atomic E-state index is 11.9. The van der Waals surface area contributed by atoms with Gasteiger partial charge < -0.3 is 34.5 Å². The number of H-pyrrole nitrogens is 1. The number of rotatable bonds is 8. The fourth-order valence-electron chi connectivity index (χ4n) is 2.20. The lowest BCUT2D eigenvalue weighted by Crippen LogP contribution is -2.36. The van der Waals surface area contributed by atoms with Crippen molar-refractivity contribution < 1.29 is 61.4 Å². The van der Waals surface area contributed by atoms with E-state index in [1.807, 2.05) is 0 Å². The molecule has 7 N–H and O–H groups in total. The van der Waals surface area contributed by atoms with Gasteiger partial charge in [0, 0.05) is 6.20 Å². The molecule has 29 heavy (non-hydrogen) atoms. The molecule has 1 fully saturated rings. The summed E-state index contributed by atoms with van der Waals surface area (Å²) in [6.45, 7) is -1.00. The highest BCUT2D eigenvalue weighted by Crippen LogP contribution is 2.66. The van der Waals surface area contributed by atoms with Gasteiger partial charge >= 0.3 is 29.2 Å². The third-order valence-corrected chi connectivity index (χ3v) is 7.32. The monoisotopic (exact) mass is 500 g/mol. The molecular formula is C9H15N2O14P3S. The Morgan fingerprint density at radius 2 is 1.72 bits per heavy atom. The molecule has 6 atom stereocenters. The van der Waals surface area contributed by atoms with Crippen molar-refractivity contribution in [2.24, 2.45) is 0 Å². The lowest BCUT2D eigenvalue weighted by atomic mass is 10.1. The van der Waals surface area contributed by atoms with Gasteiger partial charge in [-0.2, -0.15) is 8.62 Å². The van der Waals surface area contributed by atoms with Crippen LogP contribution in [0.4, 0.5) is 0 Å². The Morgan fingerprint density at radius 1 is 1.10 bits per heavy atom. The third kappa shape index (κ3) is 6.95. The second-order valence-electron chi connectivity index (χ2n) is 5.45. The highest BCUT2D eigenvalue weighted by atomic mass is 32.1. The van der Waals surface area contributed by atoms with Crippen molar-refractivity contribution in [1.29, 1.82) is 0 Å². The minimum Gasteiger partial charge on any atom is -0.387 e. The van der Waals surface area contributed by atoms with Crippen LogP contribution in [-0.4, -0.2) is 64.3 Å². The quantitative estimate of drug-likeness (QED) is 0.165. The molecule has 166 valence electrons. The molecule has 0 bridgehead atoms. The summed E-state index contributed by atoms with van der Waals surface area (Å²) >= 11 is 4.75. The molecule has 0 radical (unpaired) electrons. The predicted molar refractivity (Wildman–Crippen MR) is 91.6 cm³/mol. The van der Waals surface area contributed by atoms with Crippen molar-refractivity contribution in [3.8, 4) is 0 Å². The van der Waals surface area contributed by atoms with Crippen LogP contribution < -0.4 is 5.69 Å². The Labute approximate surface area is 165 Å². The van der Waals surface area contributed by atoms with Crippen LogP contribution in [0, 0.1) is 4.64 Å². The van der Waals surface area contributed by atoms with Crippen LogP contribution in [0.15, 0.2) is 17.1 Å². The Kier molecular flexibility index (Phi) is 7.54. The molecule has 0 aromatic carbocycles. The lowest BCUT2D eigenvalue weighted by molar-refractivity contribution is -0.0542. The molecule has 0 saturated carbocycles. The Morgan fingerprint density at radius 3 is 2.28 bits per heavy atom. The first kappa shape index (κ1) is 24.7. The van der Waals surface area contributed by atoms with E-state index in [1.54, 1.807) is 0 Å². The van der Waals surface area contributed by atoms with Gasteiger partial charge in [0.25, 0.3) is 0 Å². The van der Waals surface area contributed by atoms with Gasteiger partial charge in [-0.15, -0.1) is 0 Å². The van der Waals surface area contributed by atoms with E-state index in [0.29, 0.717) is 0 Å². The van der Waals surface area contributed by atoms with Crippen molar-refractivity contribution in [3.05, 3.63) is 27.4 Å². The summed E-state index contributed by atoms with van der Waals surface area (Å²) in [6.07, 6.45) is -5.23. The van der Waals surface area contributed by atoms with Gasteiger partial charge in [-0.3, -0.25) is 14.1 Å². The van der Waals surface area contributed by atoms with E-state index < -0.39 is 60.3 Å². The van der Waals surface area contributed by atoms with E-state index in [2.05, 4.69) is 18.1 Å². The van der Waals surface area contributed by atoms with E-state index >= 15 is 0 Å². The van der Waals surface area contributed by atoms with Crippen LogP contribution in [0.25, 0.3) is 0 Å². The molecule has 20 heteroatoms. The third-order valence-electron chi connectivity index (χ3n) is 3.28. The maximum absolute atomic E-state index is 11.9. The number of nitrogens with one attached hydrogen (secondary N) is 1. The highest BCUT2D eigenvalue weighted by Gasteiger charge is 2.46. The molecule has 1 aromatic rings. The van der Waals surface area contributed by atoms with E-state index in [-0.39, 0.29) is 4.64 Å². The van der Waals surface area contributed by atoms with E-state index in [9.17, 15) is 33.6 Å². The zero-order valence-electron chi connectivity index (χ0n) is 13.8. The summed E-state index contributed by atoms with van der Waals surface area (Å²) in [5.74, 6) is 0. The predicted octanol–water partition coefficient (Wildman–Crippen LogP) is -1.13. The van der Waals surface area contributed by atoms with Crippen molar-refractivity contribution in [2.75, 3.05) is 6.61 Å². The fraction of sp³-hybridized carbons (Fsp3) is 0.556. The molecule has 0 aliphatic carbocycles. The second kappa shape index (κ2) is 8.86. The number of hydrogen-bond acceptors (Lipinski definition) is 11. The second-order valence-corrected chi connectivity index (χ2v) is 10.3. The normalized spacial score (nSPS) is 29.3. The van der Waals surface area contributed by atoms with Gasteiger partial charge in [0.05, 0.1) is 6.61 Å². The summed E-state index contributed by atoms with van der Waals surface area (Å²) in [7, 11) is -16.7. The zero-order valence-corrected chi connectivity index (χ0v) is 17.3. The summed E-state index contributed by atoms with van der Waals surface area (Å²) in [6, 6.07) is 1.29. The SMILES string of the molecule is O=c1[nH]c(=S)ccn1[C@H]1O[C@@H](COP(=O)(O)OP(=O)(O)OP(=O)(O)O)C(O)C1O. The number of aliphatic hydroxyl groups excluding tert-OH is 2. The standard InChI is InChI=1S/C9H15N2O14P3S/c12-6-4(3-22-27(18,19)25-28(20,21)24-26(15,16)17)23-8(7(6)13)11-2-1-5(29)10-9(11)14/h1-2,4,6-8,12-13H,3H2,(H,18,19)(H,20,21)(H,10,14,29)(H2,15,16,17)/t4-,6?,7?,8-/m0/s1. The van der Waals surface area contributed by atoms with Crippen LogP contribution in [0.5, 0.6) is 0 Å². The van der Waals surface area contributed by atoms with Crippen molar-refractivity contribution in [2.45, 2.75) is 24.5 Å². The molecule has 4 unspecified atom stereocenters. The molecule has 0 amide bonds. The lowest BCUT2D eigenvalue weighted by Gasteiger charge is -2.19. The molecule has 0 spiro atoms. The van der Waals surface area contributed by atoms with Crippen LogP contribution in [0.1, 0.15) is 6.23 Å². The number of phosphoric ester groups is 1. The molecular weight excluding hydrogens is 485 g/mol. The van der Waals surface area contributed by atoms with Gasteiger partial charge in [0.1, 0.15) is 23.0 Å². The van der Waals surface area contributed by atoms with Gasteiger partial charge in [-0.05, 0) is 6.07 Å². The van der Waals surface area contributed by atoms with Crippen LogP contribution >= 0.6 is 35.7 Å². The topological polar surface area (TPSA) is 247 Å². The Balaban J connectivity index is 2.06. The molecule has 1 aromatic heterocycles. The molecule has 1 saturated heterocycles. The highest BCUT2D eigenvalue weighted by molar-refractivity contribution is 7.71. The molecule has 1 aliphatic heterocycles. The number of hydrogen-bond donors (Lipinski definition) is 7. The average Bonchev–Trinajstić information content (AvgIpc) is 2.78. The maximum Gasteiger partial charge on any atom is 0.490 e. The minimum atomic E-state index is -5.71. The minimum absolute atomic E-state index is 0.0866. The summed E-state index contributed by atoms with van der Waals surface area (Å²) in [4.78, 5) is 49.4.